The van der Waals surface area contributed by atoms with Crippen LogP contribution in [0.2, 0.25) is 0 Å². The number of carbonyl (C=O) groups excluding carboxylic acids is 1. The summed E-state index contributed by atoms with van der Waals surface area (Å²) in [4.78, 5) is 23.7. The smallest absolute Gasteiger partial charge is 0.232 e. The molecule has 0 unspecified atom stereocenters. The zero-order chi connectivity index (χ0) is 22.9. The van der Waals surface area contributed by atoms with E-state index in [1.54, 1.807) is 16.2 Å². The summed E-state index contributed by atoms with van der Waals surface area (Å²) >= 11 is 1.63. The monoisotopic (exact) mass is 464 g/mol. The van der Waals surface area contributed by atoms with Gasteiger partial charge in [-0.1, -0.05) is 78.0 Å². The molecule has 5 aromatic rings. The van der Waals surface area contributed by atoms with Crippen LogP contribution < -0.4 is 4.90 Å². The van der Waals surface area contributed by atoms with Gasteiger partial charge in [0.15, 0.2) is 0 Å². The van der Waals surface area contributed by atoms with Gasteiger partial charge in [0.05, 0.1) is 11.6 Å². The number of nitrogens with zero attached hydrogens (tertiary/aromatic N) is 4. The van der Waals surface area contributed by atoms with Crippen LogP contribution in [-0.2, 0) is 4.79 Å². The summed E-state index contributed by atoms with van der Waals surface area (Å²) in [5, 5.41) is 7.24. The van der Waals surface area contributed by atoms with E-state index in [2.05, 4.69) is 27.7 Å². The maximum atomic E-state index is 12.5. The molecule has 0 N–H and O–H groups in total. The van der Waals surface area contributed by atoms with Crippen molar-refractivity contribution in [3.8, 4) is 33.2 Å². The van der Waals surface area contributed by atoms with Gasteiger partial charge in [0, 0.05) is 40.7 Å². The number of amides is 1. The minimum atomic E-state index is -0.111. The Morgan fingerprint density at radius 2 is 1.53 bits per heavy atom. The summed E-state index contributed by atoms with van der Waals surface area (Å²) in [6, 6.07) is 27.8. The van der Waals surface area contributed by atoms with Crippen molar-refractivity contribution in [2.24, 2.45) is 0 Å². The van der Waals surface area contributed by atoms with E-state index in [0.717, 1.165) is 33.1 Å². The minimum Gasteiger partial charge on any atom is -0.339 e. The fourth-order valence-corrected chi connectivity index (χ4v) is 4.99. The predicted molar refractivity (Wildman–Crippen MR) is 132 cm³/mol. The Kier molecular flexibility index (Phi) is 5.24. The standard InChI is InChI=1S/C27H20N4O2S/c32-24-15-21(16-31(24)22-9-5-2-6-10-22)26-29-25(30-33-26)19-13-11-18(12-14-19)23-17-34-27(28-23)20-7-3-1-4-8-20/h1-14,17,21H,15-16H2/t21-/m0/s1. The number of hydrogen-bond donors (Lipinski definition) is 0. The quantitative estimate of drug-likeness (QED) is 0.317. The average Bonchev–Trinajstić information content (AvgIpc) is 3.65. The van der Waals surface area contributed by atoms with Crippen molar-refractivity contribution in [1.29, 1.82) is 0 Å². The Labute approximate surface area is 200 Å². The van der Waals surface area contributed by atoms with E-state index in [1.807, 2.05) is 72.8 Å². The van der Waals surface area contributed by atoms with E-state index in [9.17, 15) is 4.79 Å². The Morgan fingerprint density at radius 1 is 0.824 bits per heavy atom. The third-order valence-corrected chi connectivity index (χ3v) is 6.84. The summed E-state index contributed by atoms with van der Waals surface area (Å²) in [5.74, 6) is 0.978. The molecular weight excluding hydrogens is 444 g/mol. The van der Waals surface area contributed by atoms with E-state index in [0.29, 0.717) is 24.7 Å². The first-order chi connectivity index (χ1) is 16.7. The Bertz CT molecular complexity index is 1430. The lowest BCUT2D eigenvalue weighted by Gasteiger charge is -2.15. The fourth-order valence-electron chi connectivity index (χ4n) is 4.16. The normalized spacial score (nSPS) is 15.7. The lowest BCUT2D eigenvalue weighted by molar-refractivity contribution is -0.117. The van der Waals surface area contributed by atoms with Gasteiger partial charge in [0.2, 0.25) is 17.6 Å². The van der Waals surface area contributed by atoms with Gasteiger partial charge in [-0.3, -0.25) is 4.79 Å². The maximum absolute atomic E-state index is 12.5. The van der Waals surface area contributed by atoms with Crippen molar-refractivity contribution in [3.63, 3.8) is 0 Å². The van der Waals surface area contributed by atoms with Gasteiger partial charge in [-0.15, -0.1) is 11.3 Å². The van der Waals surface area contributed by atoms with Gasteiger partial charge in [-0.25, -0.2) is 4.98 Å². The van der Waals surface area contributed by atoms with Crippen LogP contribution in [0.3, 0.4) is 0 Å². The van der Waals surface area contributed by atoms with Gasteiger partial charge in [0.1, 0.15) is 5.01 Å². The number of rotatable bonds is 5. The van der Waals surface area contributed by atoms with E-state index >= 15 is 0 Å². The van der Waals surface area contributed by atoms with Gasteiger partial charge >= 0.3 is 0 Å². The van der Waals surface area contributed by atoms with Crippen LogP contribution in [0.25, 0.3) is 33.2 Å². The zero-order valence-electron chi connectivity index (χ0n) is 18.2. The molecule has 0 bridgehead atoms. The molecule has 3 aromatic carbocycles. The van der Waals surface area contributed by atoms with Gasteiger partial charge in [0.25, 0.3) is 0 Å². The number of hydrogen-bond acceptors (Lipinski definition) is 6. The zero-order valence-corrected chi connectivity index (χ0v) is 19.0. The molecule has 1 aliphatic heterocycles. The second-order valence-corrected chi connectivity index (χ2v) is 9.04. The van der Waals surface area contributed by atoms with E-state index in [-0.39, 0.29) is 11.8 Å². The van der Waals surface area contributed by atoms with E-state index < -0.39 is 0 Å². The van der Waals surface area contributed by atoms with Gasteiger partial charge in [-0.05, 0) is 12.1 Å². The fraction of sp³-hybridized carbons (Fsp3) is 0.111. The van der Waals surface area contributed by atoms with Crippen molar-refractivity contribution in [2.45, 2.75) is 12.3 Å². The number of para-hydroxylation sites is 1. The summed E-state index contributed by atoms with van der Waals surface area (Å²) < 4.78 is 5.55. The minimum absolute atomic E-state index is 0.0680. The highest BCUT2D eigenvalue weighted by atomic mass is 32.1. The topological polar surface area (TPSA) is 72.1 Å². The van der Waals surface area contributed by atoms with Crippen LogP contribution in [0.1, 0.15) is 18.2 Å². The largest absolute Gasteiger partial charge is 0.339 e. The molecule has 166 valence electrons. The molecule has 0 aliphatic carbocycles. The van der Waals surface area contributed by atoms with Crippen LogP contribution in [0.4, 0.5) is 5.69 Å². The van der Waals surface area contributed by atoms with Crippen LogP contribution in [0.5, 0.6) is 0 Å². The SMILES string of the molecule is O=C1C[C@H](c2nc(-c3ccc(-c4csc(-c5ccccc5)n4)cc3)no2)CN1c1ccccc1. The third-order valence-electron chi connectivity index (χ3n) is 5.95. The van der Waals surface area contributed by atoms with Crippen LogP contribution >= 0.6 is 11.3 Å². The van der Waals surface area contributed by atoms with Crippen molar-refractivity contribution in [1.82, 2.24) is 15.1 Å². The van der Waals surface area contributed by atoms with Crippen LogP contribution in [-0.4, -0.2) is 27.6 Å². The first-order valence-electron chi connectivity index (χ1n) is 11.1. The molecule has 1 atom stereocenters. The molecule has 1 amide bonds. The van der Waals surface area contributed by atoms with Gasteiger partial charge in [-0.2, -0.15) is 4.98 Å². The second-order valence-electron chi connectivity index (χ2n) is 8.18. The summed E-state index contributed by atoms with van der Waals surface area (Å²) in [5.41, 5.74) is 4.84. The number of carbonyl (C=O) groups is 1. The molecule has 0 radical (unpaired) electrons. The van der Waals surface area contributed by atoms with Gasteiger partial charge < -0.3 is 9.42 Å². The number of anilines is 1. The predicted octanol–water partition coefficient (Wildman–Crippen LogP) is 6.05. The molecule has 6 nitrogen and oxygen atoms in total. The molecule has 6 rings (SSSR count). The first-order valence-corrected chi connectivity index (χ1v) is 11.9. The van der Waals surface area contributed by atoms with E-state index in [1.165, 1.54) is 0 Å². The summed E-state index contributed by atoms with van der Waals surface area (Å²) in [6.07, 6.45) is 0.364. The van der Waals surface area contributed by atoms with E-state index in [4.69, 9.17) is 9.51 Å². The lowest BCUT2D eigenvalue weighted by Crippen LogP contribution is -2.24. The molecule has 0 spiro atoms. The lowest BCUT2D eigenvalue weighted by atomic mass is 10.1. The summed E-state index contributed by atoms with van der Waals surface area (Å²) in [6.45, 7) is 0.539. The highest BCUT2D eigenvalue weighted by Gasteiger charge is 2.35. The molecule has 1 saturated heterocycles. The Balaban J connectivity index is 1.18. The second kappa shape index (κ2) is 8.68. The Morgan fingerprint density at radius 3 is 2.29 bits per heavy atom. The number of aromatic nitrogens is 3. The molecular formula is C27H20N4O2S. The van der Waals surface area contributed by atoms with Crippen molar-refractivity contribution >= 4 is 22.9 Å². The molecule has 3 heterocycles. The van der Waals surface area contributed by atoms with Crippen molar-refractivity contribution in [3.05, 3.63) is 96.2 Å². The van der Waals surface area contributed by atoms with Crippen LogP contribution in [0, 0.1) is 0 Å². The molecule has 34 heavy (non-hydrogen) atoms. The van der Waals surface area contributed by atoms with Crippen LogP contribution in [0.15, 0.2) is 94.8 Å². The highest BCUT2D eigenvalue weighted by molar-refractivity contribution is 7.13. The highest BCUT2D eigenvalue weighted by Crippen LogP contribution is 2.33. The van der Waals surface area contributed by atoms with Crippen molar-refractivity contribution in [2.75, 3.05) is 11.4 Å². The first kappa shape index (κ1) is 20.5. The Hall–Kier alpha value is -4.10. The third kappa shape index (κ3) is 3.91. The molecule has 7 heteroatoms. The molecule has 1 fully saturated rings. The number of thiazole rings is 1. The molecule has 1 aliphatic rings. The molecule has 0 saturated carbocycles. The molecule has 2 aromatic heterocycles. The van der Waals surface area contributed by atoms with Crippen molar-refractivity contribution < 1.29 is 9.32 Å². The average molecular weight is 465 g/mol. The summed E-state index contributed by atoms with van der Waals surface area (Å²) in [7, 11) is 0. The number of benzene rings is 3. The maximum Gasteiger partial charge on any atom is 0.232 e.